The van der Waals surface area contributed by atoms with Crippen molar-refractivity contribution in [2.75, 3.05) is 16.8 Å². The molecule has 4 nitrogen and oxygen atoms in total. The summed E-state index contributed by atoms with van der Waals surface area (Å²) in [6.07, 6.45) is 2.29. The van der Waals surface area contributed by atoms with E-state index in [9.17, 15) is 9.59 Å². The van der Waals surface area contributed by atoms with E-state index < -0.39 is 0 Å². The third-order valence-electron chi connectivity index (χ3n) is 3.24. The number of benzene rings is 1. The summed E-state index contributed by atoms with van der Waals surface area (Å²) in [5.41, 5.74) is 2.50. The standard InChI is InChI=1S/C15H18N2O2/c1-4-12-8-15(19)17(9-12)14-7-10(2)5-6-13(14)16-11(3)18/h4-7,12H,1,8-9H2,2-3H3,(H,16,18). The van der Waals surface area contributed by atoms with E-state index in [0.29, 0.717) is 18.7 Å². The van der Waals surface area contributed by atoms with Crippen molar-refractivity contribution in [3.05, 3.63) is 36.4 Å². The van der Waals surface area contributed by atoms with Crippen molar-refractivity contribution < 1.29 is 9.59 Å². The van der Waals surface area contributed by atoms with Gasteiger partial charge in [0, 0.05) is 25.8 Å². The molecule has 19 heavy (non-hydrogen) atoms. The number of carbonyl (C=O) groups is 2. The second-order valence-corrected chi connectivity index (χ2v) is 4.91. The molecule has 0 radical (unpaired) electrons. The molecule has 1 heterocycles. The molecule has 0 bridgehead atoms. The molecule has 4 heteroatoms. The summed E-state index contributed by atoms with van der Waals surface area (Å²) in [5, 5.41) is 2.77. The number of amides is 2. The lowest BCUT2D eigenvalue weighted by Gasteiger charge is -2.20. The van der Waals surface area contributed by atoms with E-state index in [0.717, 1.165) is 11.3 Å². The summed E-state index contributed by atoms with van der Waals surface area (Å²) in [6.45, 7) is 7.79. The maximum atomic E-state index is 12.1. The predicted molar refractivity (Wildman–Crippen MR) is 76.1 cm³/mol. The van der Waals surface area contributed by atoms with Gasteiger partial charge in [-0.25, -0.2) is 0 Å². The number of anilines is 2. The van der Waals surface area contributed by atoms with Crippen molar-refractivity contribution in [3.63, 3.8) is 0 Å². The Labute approximate surface area is 113 Å². The van der Waals surface area contributed by atoms with Gasteiger partial charge in [0.25, 0.3) is 0 Å². The molecule has 1 aliphatic heterocycles. The normalized spacial score (nSPS) is 18.5. The van der Waals surface area contributed by atoms with Crippen molar-refractivity contribution in [1.29, 1.82) is 0 Å². The van der Waals surface area contributed by atoms with Crippen LogP contribution in [0.2, 0.25) is 0 Å². The third kappa shape index (κ3) is 2.84. The van der Waals surface area contributed by atoms with Crippen LogP contribution in [-0.4, -0.2) is 18.4 Å². The summed E-state index contributed by atoms with van der Waals surface area (Å²) in [4.78, 5) is 25.0. The minimum absolute atomic E-state index is 0.0714. The van der Waals surface area contributed by atoms with Crippen LogP contribution < -0.4 is 10.2 Å². The van der Waals surface area contributed by atoms with E-state index in [1.807, 2.05) is 31.2 Å². The van der Waals surface area contributed by atoms with Crippen molar-refractivity contribution >= 4 is 23.2 Å². The maximum absolute atomic E-state index is 12.1. The molecule has 1 unspecified atom stereocenters. The van der Waals surface area contributed by atoms with E-state index in [1.54, 1.807) is 4.90 Å². The lowest BCUT2D eigenvalue weighted by atomic mass is 10.1. The molecule has 1 atom stereocenters. The van der Waals surface area contributed by atoms with Crippen LogP contribution in [0.25, 0.3) is 0 Å². The van der Waals surface area contributed by atoms with E-state index in [4.69, 9.17) is 0 Å². The number of nitrogens with zero attached hydrogens (tertiary/aromatic N) is 1. The van der Waals surface area contributed by atoms with Gasteiger partial charge in [-0.3, -0.25) is 9.59 Å². The monoisotopic (exact) mass is 258 g/mol. The van der Waals surface area contributed by atoms with Gasteiger partial charge in [0.2, 0.25) is 11.8 Å². The van der Waals surface area contributed by atoms with Crippen LogP contribution in [0.5, 0.6) is 0 Å². The number of carbonyl (C=O) groups excluding carboxylic acids is 2. The highest BCUT2D eigenvalue weighted by atomic mass is 16.2. The molecule has 2 amide bonds. The average molecular weight is 258 g/mol. The minimum atomic E-state index is -0.142. The molecule has 1 N–H and O–H groups in total. The maximum Gasteiger partial charge on any atom is 0.227 e. The van der Waals surface area contributed by atoms with Crippen molar-refractivity contribution in [3.8, 4) is 0 Å². The summed E-state index contributed by atoms with van der Waals surface area (Å²) < 4.78 is 0. The van der Waals surface area contributed by atoms with Gasteiger partial charge < -0.3 is 10.2 Å². The van der Waals surface area contributed by atoms with E-state index >= 15 is 0 Å². The Balaban J connectivity index is 2.37. The van der Waals surface area contributed by atoms with Crippen LogP contribution in [0.1, 0.15) is 18.9 Å². The Morgan fingerprint density at radius 3 is 2.84 bits per heavy atom. The average Bonchev–Trinajstić information content (AvgIpc) is 2.72. The molecule has 1 aromatic carbocycles. The van der Waals surface area contributed by atoms with E-state index in [2.05, 4.69) is 11.9 Å². The first-order valence-corrected chi connectivity index (χ1v) is 6.32. The van der Waals surface area contributed by atoms with Crippen molar-refractivity contribution in [1.82, 2.24) is 0 Å². The molecule has 1 aliphatic rings. The topological polar surface area (TPSA) is 49.4 Å². The van der Waals surface area contributed by atoms with Gasteiger partial charge >= 0.3 is 0 Å². The Kier molecular flexibility index (Phi) is 3.69. The molecule has 1 saturated heterocycles. The Morgan fingerprint density at radius 1 is 1.53 bits per heavy atom. The van der Waals surface area contributed by atoms with E-state index in [1.165, 1.54) is 6.92 Å². The molecule has 2 rings (SSSR count). The summed E-state index contributed by atoms with van der Waals surface area (Å²) in [6, 6.07) is 5.68. The predicted octanol–water partition coefficient (Wildman–Crippen LogP) is 2.49. The van der Waals surface area contributed by atoms with Crippen LogP contribution >= 0.6 is 0 Å². The Bertz CT molecular complexity index is 537. The van der Waals surface area contributed by atoms with Gasteiger partial charge in [-0.15, -0.1) is 6.58 Å². The number of hydrogen-bond acceptors (Lipinski definition) is 2. The van der Waals surface area contributed by atoms with Crippen LogP contribution in [0, 0.1) is 12.8 Å². The molecule has 100 valence electrons. The van der Waals surface area contributed by atoms with Gasteiger partial charge in [-0.2, -0.15) is 0 Å². The Morgan fingerprint density at radius 2 is 2.26 bits per heavy atom. The summed E-state index contributed by atoms with van der Waals surface area (Å²) in [7, 11) is 0. The minimum Gasteiger partial charge on any atom is -0.325 e. The van der Waals surface area contributed by atoms with Crippen LogP contribution in [0.4, 0.5) is 11.4 Å². The lowest BCUT2D eigenvalue weighted by Crippen LogP contribution is -2.26. The third-order valence-corrected chi connectivity index (χ3v) is 3.24. The van der Waals surface area contributed by atoms with Crippen LogP contribution in [-0.2, 0) is 9.59 Å². The first kappa shape index (κ1) is 13.3. The van der Waals surface area contributed by atoms with Crippen molar-refractivity contribution in [2.24, 2.45) is 5.92 Å². The van der Waals surface area contributed by atoms with E-state index in [-0.39, 0.29) is 17.7 Å². The molecule has 0 aromatic heterocycles. The zero-order chi connectivity index (χ0) is 14.0. The van der Waals surface area contributed by atoms with Gasteiger partial charge in [-0.05, 0) is 24.6 Å². The molecular weight excluding hydrogens is 240 g/mol. The number of nitrogens with one attached hydrogen (secondary N) is 1. The molecule has 1 aromatic rings. The zero-order valence-electron chi connectivity index (χ0n) is 11.3. The second-order valence-electron chi connectivity index (χ2n) is 4.91. The summed E-state index contributed by atoms with van der Waals surface area (Å²) >= 11 is 0. The van der Waals surface area contributed by atoms with Gasteiger partial charge in [-0.1, -0.05) is 12.1 Å². The molecule has 0 spiro atoms. The zero-order valence-corrected chi connectivity index (χ0v) is 11.3. The number of aryl methyl sites for hydroxylation is 1. The fourth-order valence-electron chi connectivity index (χ4n) is 2.29. The van der Waals surface area contributed by atoms with Gasteiger partial charge in [0.15, 0.2) is 0 Å². The number of hydrogen-bond donors (Lipinski definition) is 1. The Hall–Kier alpha value is -2.10. The van der Waals surface area contributed by atoms with Crippen LogP contribution in [0.3, 0.4) is 0 Å². The SMILES string of the molecule is C=CC1CC(=O)N(c2cc(C)ccc2NC(C)=O)C1. The fraction of sp³-hybridized carbons (Fsp3) is 0.333. The largest absolute Gasteiger partial charge is 0.325 e. The highest BCUT2D eigenvalue weighted by Crippen LogP contribution is 2.32. The second kappa shape index (κ2) is 5.26. The molecule has 1 fully saturated rings. The highest BCUT2D eigenvalue weighted by molar-refractivity contribution is 6.02. The van der Waals surface area contributed by atoms with Gasteiger partial charge in [0.05, 0.1) is 11.4 Å². The quantitative estimate of drug-likeness (QED) is 0.847. The fourth-order valence-corrected chi connectivity index (χ4v) is 2.29. The first-order valence-electron chi connectivity index (χ1n) is 6.32. The lowest BCUT2D eigenvalue weighted by molar-refractivity contribution is -0.117. The van der Waals surface area contributed by atoms with Gasteiger partial charge in [0.1, 0.15) is 0 Å². The number of rotatable bonds is 3. The summed E-state index contributed by atoms with van der Waals surface area (Å²) in [5.74, 6) is 0.109. The highest BCUT2D eigenvalue weighted by Gasteiger charge is 2.30. The molecular formula is C15H18N2O2. The molecule has 0 aliphatic carbocycles. The first-order chi connectivity index (χ1) is 9.01. The van der Waals surface area contributed by atoms with Crippen LogP contribution in [0.15, 0.2) is 30.9 Å². The smallest absolute Gasteiger partial charge is 0.227 e. The molecule has 0 saturated carbocycles. The van der Waals surface area contributed by atoms with Crippen molar-refractivity contribution in [2.45, 2.75) is 20.3 Å².